The Morgan fingerprint density at radius 1 is 1.40 bits per heavy atom. The highest BCUT2D eigenvalue weighted by Gasteiger charge is 2.20. The summed E-state index contributed by atoms with van der Waals surface area (Å²) in [5.41, 5.74) is 0. The molecule has 1 saturated carbocycles. The fourth-order valence-electron chi connectivity index (χ4n) is 1.29. The molecule has 2 N–H and O–H groups in total. The smallest absolute Gasteiger partial charge is 0.191 e. The van der Waals surface area contributed by atoms with Crippen molar-refractivity contribution in [1.29, 1.82) is 0 Å². The summed E-state index contributed by atoms with van der Waals surface area (Å²) in [7, 11) is 0. The number of aliphatic imine (C=N–C) groups is 1. The van der Waals surface area contributed by atoms with Crippen LogP contribution < -0.4 is 10.6 Å². The Morgan fingerprint density at radius 2 is 2.20 bits per heavy atom. The third-order valence-corrected chi connectivity index (χ3v) is 3.06. The lowest BCUT2D eigenvalue weighted by atomic mass is 10.4. The van der Waals surface area contributed by atoms with E-state index in [9.17, 15) is 0 Å². The van der Waals surface area contributed by atoms with Gasteiger partial charge in [0.15, 0.2) is 5.96 Å². The molecule has 15 heavy (non-hydrogen) atoms. The van der Waals surface area contributed by atoms with Gasteiger partial charge in [-0.2, -0.15) is 11.8 Å². The molecule has 88 valence electrons. The van der Waals surface area contributed by atoms with Crippen LogP contribution in [-0.2, 0) is 0 Å². The highest BCUT2D eigenvalue weighted by Crippen LogP contribution is 2.28. The first-order valence-electron chi connectivity index (χ1n) is 5.88. The number of nitrogens with one attached hydrogen (secondary N) is 2. The zero-order valence-corrected chi connectivity index (χ0v) is 10.7. The first-order chi connectivity index (χ1) is 7.36. The minimum Gasteiger partial charge on any atom is -0.357 e. The van der Waals surface area contributed by atoms with Gasteiger partial charge in [-0.1, -0.05) is 0 Å². The predicted molar refractivity (Wildman–Crippen MR) is 69.7 cm³/mol. The normalized spacial score (nSPS) is 16.5. The number of thioether (sulfide) groups is 1. The molecule has 0 aromatic heterocycles. The zero-order valence-electron chi connectivity index (χ0n) is 9.88. The number of guanidine groups is 1. The molecule has 1 aliphatic carbocycles. The molecular formula is C11H23N3S. The number of rotatable bonds is 7. The van der Waals surface area contributed by atoms with E-state index in [2.05, 4.69) is 28.8 Å². The van der Waals surface area contributed by atoms with Crippen LogP contribution in [0.3, 0.4) is 0 Å². The average molecular weight is 229 g/mol. The first kappa shape index (κ1) is 12.7. The van der Waals surface area contributed by atoms with Crippen molar-refractivity contribution in [2.24, 2.45) is 10.9 Å². The number of hydrogen-bond acceptors (Lipinski definition) is 2. The number of nitrogens with zero attached hydrogens (tertiary/aromatic N) is 1. The van der Waals surface area contributed by atoms with Crippen LogP contribution in [0, 0.1) is 5.92 Å². The molecule has 0 amide bonds. The largest absolute Gasteiger partial charge is 0.357 e. The average Bonchev–Trinajstić information content (AvgIpc) is 3.04. The van der Waals surface area contributed by atoms with Gasteiger partial charge >= 0.3 is 0 Å². The molecule has 0 atom stereocenters. The summed E-state index contributed by atoms with van der Waals surface area (Å²) in [6, 6.07) is 0. The predicted octanol–water partition coefficient (Wildman–Crippen LogP) is 1.70. The summed E-state index contributed by atoms with van der Waals surface area (Å²) in [6.07, 6.45) is 6.09. The lowest BCUT2D eigenvalue weighted by Crippen LogP contribution is -2.38. The quantitative estimate of drug-likeness (QED) is 0.396. The van der Waals surface area contributed by atoms with Crippen molar-refractivity contribution < 1.29 is 0 Å². The van der Waals surface area contributed by atoms with Crippen molar-refractivity contribution in [3.8, 4) is 0 Å². The van der Waals surface area contributed by atoms with E-state index in [0.29, 0.717) is 0 Å². The van der Waals surface area contributed by atoms with Gasteiger partial charge in [-0.15, -0.1) is 0 Å². The third kappa shape index (κ3) is 6.66. The molecule has 0 aliphatic heterocycles. The van der Waals surface area contributed by atoms with E-state index in [0.717, 1.165) is 31.5 Å². The van der Waals surface area contributed by atoms with E-state index in [1.165, 1.54) is 25.0 Å². The molecule has 0 aromatic rings. The molecule has 1 aliphatic rings. The Labute approximate surface area is 97.5 Å². The molecule has 0 saturated heterocycles. The van der Waals surface area contributed by atoms with Crippen molar-refractivity contribution >= 4 is 17.7 Å². The van der Waals surface area contributed by atoms with Crippen molar-refractivity contribution in [2.75, 3.05) is 31.6 Å². The zero-order chi connectivity index (χ0) is 10.9. The van der Waals surface area contributed by atoms with E-state index in [1.807, 2.05) is 11.8 Å². The summed E-state index contributed by atoms with van der Waals surface area (Å²) < 4.78 is 0. The van der Waals surface area contributed by atoms with E-state index < -0.39 is 0 Å². The highest BCUT2D eigenvalue weighted by atomic mass is 32.2. The van der Waals surface area contributed by atoms with Gasteiger partial charge in [0.05, 0.1) is 0 Å². The monoisotopic (exact) mass is 229 g/mol. The van der Waals surface area contributed by atoms with Crippen LogP contribution in [0.15, 0.2) is 4.99 Å². The van der Waals surface area contributed by atoms with Gasteiger partial charge in [0, 0.05) is 19.6 Å². The summed E-state index contributed by atoms with van der Waals surface area (Å²) in [6.45, 7) is 5.07. The SMILES string of the molecule is CCNC(=NCC1CC1)NCCCSC. The van der Waals surface area contributed by atoms with Gasteiger partial charge in [-0.25, -0.2) is 0 Å². The van der Waals surface area contributed by atoms with Gasteiger partial charge in [-0.3, -0.25) is 4.99 Å². The van der Waals surface area contributed by atoms with E-state index in [-0.39, 0.29) is 0 Å². The van der Waals surface area contributed by atoms with Crippen molar-refractivity contribution in [1.82, 2.24) is 10.6 Å². The van der Waals surface area contributed by atoms with Gasteiger partial charge < -0.3 is 10.6 Å². The fraction of sp³-hybridized carbons (Fsp3) is 0.909. The van der Waals surface area contributed by atoms with Crippen LogP contribution in [0.4, 0.5) is 0 Å². The molecule has 1 rings (SSSR count). The Morgan fingerprint density at radius 3 is 2.80 bits per heavy atom. The molecule has 1 fully saturated rings. The van der Waals surface area contributed by atoms with Crippen LogP contribution in [0.25, 0.3) is 0 Å². The lowest BCUT2D eigenvalue weighted by molar-refractivity contribution is 0.770. The summed E-state index contributed by atoms with van der Waals surface area (Å²) in [4.78, 5) is 4.56. The standard InChI is InChI=1S/C11H23N3S/c1-3-12-11(13-7-4-8-15-2)14-9-10-5-6-10/h10H,3-9H2,1-2H3,(H2,12,13,14). The lowest BCUT2D eigenvalue weighted by Gasteiger charge is -2.10. The Kier molecular flexibility index (Phi) is 6.64. The summed E-state index contributed by atoms with van der Waals surface area (Å²) in [5.74, 6) is 3.08. The Bertz CT molecular complexity index is 190. The second kappa shape index (κ2) is 7.85. The minimum atomic E-state index is 0.867. The molecule has 0 unspecified atom stereocenters. The van der Waals surface area contributed by atoms with Gasteiger partial charge in [0.1, 0.15) is 0 Å². The Hall–Kier alpha value is -0.380. The van der Waals surface area contributed by atoms with Crippen molar-refractivity contribution in [3.63, 3.8) is 0 Å². The number of hydrogen-bond donors (Lipinski definition) is 2. The van der Waals surface area contributed by atoms with Gasteiger partial charge in [0.25, 0.3) is 0 Å². The summed E-state index contributed by atoms with van der Waals surface area (Å²) in [5, 5.41) is 6.64. The molecule has 4 heteroatoms. The third-order valence-electron chi connectivity index (χ3n) is 2.37. The fourth-order valence-corrected chi connectivity index (χ4v) is 1.72. The first-order valence-corrected chi connectivity index (χ1v) is 7.27. The van der Waals surface area contributed by atoms with Crippen molar-refractivity contribution in [2.45, 2.75) is 26.2 Å². The van der Waals surface area contributed by atoms with Crippen LogP contribution in [0.5, 0.6) is 0 Å². The van der Waals surface area contributed by atoms with Crippen LogP contribution in [0.1, 0.15) is 26.2 Å². The summed E-state index contributed by atoms with van der Waals surface area (Å²) >= 11 is 1.89. The van der Waals surface area contributed by atoms with E-state index in [1.54, 1.807) is 0 Å². The molecule has 0 bridgehead atoms. The second-order valence-corrected chi connectivity index (χ2v) is 4.92. The van der Waals surface area contributed by atoms with Crippen LogP contribution >= 0.6 is 11.8 Å². The molecule has 0 radical (unpaired) electrons. The molecular weight excluding hydrogens is 206 g/mol. The maximum Gasteiger partial charge on any atom is 0.191 e. The maximum atomic E-state index is 4.56. The minimum absolute atomic E-state index is 0.867. The Balaban J connectivity index is 2.13. The maximum absolute atomic E-state index is 4.56. The van der Waals surface area contributed by atoms with Gasteiger partial charge in [-0.05, 0) is 44.1 Å². The molecule has 3 nitrogen and oxygen atoms in total. The second-order valence-electron chi connectivity index (χ2n) is 3.94. The van der Waals surface area contributed by atoms with E-state index >= 15 is 0 Å². The van der Waals surface area contributed by atoms with E-state index in [4.69, 9.17) is 0 Å². The van der Waals surface area contributed by atoms with Crippen molar-refractivity contribution in [3.05, 3.63) is 0 Å². The van der Waals surface area contributed by atoms with Crippen LogP contribution in [0.2, 0.25) is 0 Å². The highest BCUT2D eigenvalue weighted by molar-refractivity contribution is 7.98. The topological polar surface area (TPSA) is 36.4 Å². The molecule has 0 spiro atoms. The van der Waals surface area contributed by atoms with Crippen LogP contribution in [-0.4, -0.2) is 37.6 Å². The molecule has 0 heterocycles. The van der Waals surface area contributed by atoms with Gasteiger partial charge in [0.2, 0.25) is 0 Å². The molecule has 0 aromatic carbocycles.